The average molecular weight is 261 g/mol. The highest BCUT2D eigenvalue weighted by Gasteiger charge is 2.05. The van der Waals surface area contributed by atoms with Crippen LogP contribution in [0.3, 0.4) is 0 Å². The van der Waals surface area contributed by atoms with Crippen LogP contribution in [0, 0.1) is 22.1 Å². The van der Waals surface area contributed by atoms with Gasteiger partial charge in [0.25, 0.3) is 0 Å². The summed E-state index contributed by atoms with van der Waals surface area (Å²) in [6.07, 6.45) is 7.78. The summed E-state index contributed by atoms with van der Waals surface area (Å²) >= 11 is 2.09. The Morgan fingerprint density at radius 3 is 3.09 bits per heavy atom. The Balaban J connectivity index is 2.77. The number of halogens is 1. The molecule has 3 nitrogen and oxygen atoms in total. The van der Waals surface area contributed by atoms with Crippen LogP contribution >= 0.6 is 22.6 Å². The quantitative estimate of drug-likeness (QED) is 0.582. The SMILES string of the molecule is C#CCOc1c(I)[c]nn1C. The van der Waals surface area contributed by atoms with Gasteiger partial charge in [-0.3, -0.25) is 0 Å². The van der Waals surface area contributed by atoms with Gasteiger partial charge in [-0.2, -0.15) is 5.10 Å². The van der Waals surface area contributed by atoms with Crippen LogP contribution in [0.1, 0.15) is 0 Å². The van der Waals surface area contributed by atoms with E-state index in [1.54, 1.807) is 11.7 Å². The molecule has 0 amide bonds. The molecule has 0 aromatic carbocycles. The van der Waals surface area contributed by atoms with Gasteiger partial charge in [0.05, 0.1) is 0 Å². The molecule has 4 heteroatoms. The second-order valence-corrected chi connectivity index (χ2v) is 2.93. The molecule has 1 aromatic rings. The largest absolute Gasteiger partial charge is 0.464 e. The zero-order valence-corrected chi connectivity index (χ0v) is 8.12. The third-order valence-corrected chi connectivity index (χ3v) is 1.77. The van der Waals surface area contributed by atoms with Crippen molar-refractivity contribution in [1.29, 1.82) is 0 Å². The fraction of sp³-hybridized carbons (Fsp3) is 0.286. The van der Waals surface area contributed by atoms with E-state index in [9.17, 15) is 0 Å². The molecule has 0 atom stereocenters. The van der Waals surface area contributed by atoms with Gasteiger partial charge in [0.2, 0.25) is 5.88 Å². The van der Waals surface area contributed by atoms with E-state index in [1.165, 1.54) is 0 Å². The lowest BCUT2D eigenvalue weighted by Crippen LogP contribution is -2.01. The van der Waals surface area contributed by atoms with E-state index in [-0.39, 0.29) is 6.61 Å². The molecule has 1 aromatic heterocycles. The Bertz CT molecular complexity index is 268. The summed E-state index contributed by atoms with van der Waals surface area (Å²) in [6, 6.07) is 0. The number of nitrogens with zero attached hydrogens (tertiary/aromatic N) is 2. The van der Waals surface area contributed by atoms with Crippen LogP contribution in [-0.4, -0.2) is 16.4 Å². The molecule has 57 valence electrons. The monoisotopic (exact) mass is 261 g/mol. The molecule has 0 saturated carbocycles. The number of rotatable bonds is 2. The highest BCUT2D eigenvalue weighted by atomic mass is 127. The Morgan fingerprint density at radius 1 is 1.91 bits per heavy atom. The van der Waals surface area contributed by atoms with Gasteiger partial charge in [-0.15, -0.1) is 6.42 Å². The van der Waals surface area contributed by atoms with Crippen molar-refractivity contribution in [2.24, 2.45) is 7.05 Å². The van der Waals surface area contributed by atoms with E-state index in [0.717, 1.165) is 3.57 Å². The van der Waals surface area contributed by atoms with Crippen molar-refractivity contribution in [3.63, 3.8) is 0 Å². The van der Waals surface area contributed by atoms with Gasteiger partial charge in [0.1, 0.15) is 9.77 Å². The second kappa shape index (κ2) is 3.62. The van der Waals surface area contributed by atoms with Crippen molar-refractivity contribution < 1.29 is 4.74 Å². The fourth-order valence-electron chi connectivity index (χ4n) is 0.621. The molecule has 0 saturated heterocycles. The third-order valence-electron chi connectivity index (χ3n) is 1.07. The van der Waals surface area contributed by atoms with E-state index in [1.807, 2.05) is 0 Å². The van der Waals surface area contributed by atoms with Crippen molar-refractivity contribution >= 4 is 22.6 Å². The maximum absolute atomic E-state index is 5.18. The van der Waals surface area contributed by atoms with Crippen LogP contribution in [0.15, 0.2) is 0 Å². The number of hydrogen-bond acceptors (Lipinski definition) is 2. The molecular formula is C7H6IN2O. The standard InChI is InChI=1S/C7H6IN2O/c1-3-4-11-7-6(8)5-9-10(7)2/h1H,4H2,2H3. The van der Waals surface area contributed by atoms with Crippen LogP contribution in [0.4, 0.5) is 0 Å². The van der Waals surface area contributed by atoms with Crippen molar-refractivity contribution in [2.75, 3.05) is 6.61 Å². The molecule has 0 spiro atoms. The van der Waals surface area contributed by atoms with Crippen molar-refractivity contribution in [2.45, 2.75) is 0 Å². The molecule has 1 radical (unpaired) electrons. The van der Waals surface area contributed by atoms with Crippen molar-refractivity contribution in [1.82, 2.24) is 9.78 Å². The first kappa shape index (κ1) is 8.40. The maximum atomic E-state index is 5.18. The second-order valence-electron chi connectivity index (χ2n) is 1.85. The first-order chi connectivity index (χ1) is 5.25. The first-order valence-corrected chi connectivity index (χ1v) is 4.00. The Morgan fingerprint density at radius 2 is 2.64 bits per heavy atom. The molecule has 0 unspecified atom stereocenters. The van der Waals surface area contributed by atoms with E-state index in [4.69, 9.17) is 11.2 Å². The molecular weight excluding hydrogens is 255 g/mol. The Hall–Kier alpha value is -0.700. The molecule has 1 rings (SSSR count). The smallest absolute Gasteiger partial charge is 0.227 e. The fourth-order valence-corrected chi connectivity index (χ4v) is 1.23. The number of terminal acetylenes is 1. The summed E-state index contributed by atoms with van der Waals surface area (Å²) in [6.45, 7) is 0.267. The highest BCUT2D eigenvalue weighted by Crippen LogP contribution is 2.17. The van der Waals surface area contributed by atoms with Crippen LogP contribution < -0.4 is 4.74 Å². The minimum Gasteiger partial charge on any atom is -0.464 e. The predicted molar refractivity (Wildman–Crippen MR) is 49.1 cm³/mol. The van der Waals surface area contributed by atoms with E-state index in [0.29, 0.717) is 5.88 Å². The molecule has 0 fully saturated rings. The summed E-state index contributed by atoms with van der Waals surface area (Å²) in [7, 11) is 1.78. The third kappa shape index (κ3) is 1.87. The average Bonchev–Trinajstić information content (AvgIpc) is 2.29. The van der Waals surface area contributed by atoms with Crippen LogP contribution in [-0.2, 0) is 7.05 Å². The van der Waals surface area contributed by atoms with E-state index in [2.05, 4.69) is 39.8 Å². The van der Waals surface area contributed by atoms with Crippen molar-refractivity contribution in [3.8, 4) is 18.2 Å². The first-order valence-electron chi connectivity index (χ1n) is 2.92. The van der Waals surface area contributed by atoms with Crippen molar-refractivity contribution in [3.05, 3.63) is 9.77 Å². The van der Waals surface area contributed by atoms with Gasteiger partial charge in [-0.25, -0.2) is 4.68 Å². The predicted octanol–water partition coefficient (Wildman–Crippen LogP) is 0.837. The topological polar surface area (TPSA) is 27.1 Å². The number of ether oxygens (including phenoxy) is 1. The molecule has 1 heterocycles. The summed E-state index contributed by atoms with van der Waals surface area (Å²) in [4.78, 5) is 0. The number of hydrogen-bond donors (Lipinski definition) is 0. The summed E-state index contributed by atoms with van der Waals surface area (Å²) in [5.74, 6) is 3.05. The van der Waals surface area contributed by atoms with Crippen LogP contribution in [0.5, 0.6) is 5.88 Å². The van der Waals surface area contributed by atoms with Crippen LogP contribution in [0.2, 0.25) is 0 Å². The van der Waals surface area contributed by atoms with Crippen LogP contribution in [0.25, 0.3) is 0 Å². The molecule has 0 aliphatic rings. The lowest BCUT2D eigenvalue weighted by Gasteiger charge is -2.01. The molecule has 0 aliphatic heterocycles. The zero-order valence-electron chi connectivity index (χ0n) is 5.97. The minimum absolute atomic E-state index is 0.267. The summed E-state index contributed by atoms with van der Waals surface area (Å²) in [5, 5.41) is 3.86. The lowest BCUT2D eigenvalue weighted by molar-refractivity contribution is 0.333. The minimum atomic E-state index is 0.267. The number of aryl methyl sites for hydroxylation is 1. The Kier molecular flexibility index (Phi) is 2.76. The molecule has 0 aliphatic carbocycles. The maximum Gasteiger partial charge on any atom is 0.227 e. The van der Waals surface area contributed by atoms with Gasteiger partial charge >= 0.3 is 0 Å². The lowest BCUT2D eigenvalue weighted by atomic mass is 10.7. The van der Waals surface area contributed by atoms with Gasteiger partial charge in [0.15, 0.2) is 6.61 Å². The van der Waals surface area contributed by atoms with Gasteiger partial charge in [-0.05, 0) is 22.6 Å². The summed E-state index contributed by atoms with van der Waals surface area (Å²) < 4.78 is 7.63. The molecule has 0 N–H and O–H groups in total. The number of aromatic nitrogens is 2. The molecule has 0 bridgehead atoms. The highest BCUT2D eigenvalue weighted by molar-refractivity contribution is 14.1. The van der Waals surface area contributed by atoms with E-state index >= 15 is 0 Å². The zero-order chi connectivity index (χ0) is 8.27. The van der Waals surface area contributed by atoms with E-state index < -0.39 is 0 Å². The Labute approximate surface area is 78.9 Å². The van der Waals surface area contributed by atoms with Gasteiger partial charge < -0.3 is 4.74 Å². The summed E-state index contributed by atoms with van der Waals surface area (Å²) in [5.41, 5.74) is 0. The molecule has 11 heavy (non-hydrogen) atoms. The van der Waals surface area contributed by atoms with Gasteiger partial charge in [-0.1, -0.05) is 5.92 Å². The van der Waals surface area contributed by atoms with Gasteiger partial charge in [0, 0.05) is 7.05 Å². The normalized spacial score (nSPS) is 9.18.